The van der Waals surface area contributed by atoms with Crippen molar-refractivity contribution in [1.29, 1.82) is 0 Å². The molecule has 1 aromatic heterocycles. The van der Waals surface area contributed by atoms with Crippen LogP contribution in [0.1, 0.15) is 38.1 Å². The van der Waals surface area contributed by atoms with E-state index in [9.17, 15) is 0 Å². The van der Waals surface area contributed by atoms with E-state index >= 15 is 0 Å². The van der Waals surface area contributed by atoms with Gasteiger partial charge in [0, 0.05) is 25.7 Å². The van der Waals surface area contributed by atoms with Gasteiger partial charge in [-0.05, 0) is 43.6 Å². The summed E-state index contributed by atoms with van der Waals surface area (Å²) in [6, 6.07) is 13.0. The molecule has 2 aromatic rings. The van der Waals surface area contributed by atoms with Crippen LogP contribution in [-0.4, -0.2) is 29.6 Å². The number of anilines is 2. The number of rotatable bonds is 6. The first-order valence-corrected chi connectivity index (χ1v) is 9.48. The number of nitrogens with one attached hydrogen (secondary N) is 1. The molecule has 0 radical (unpaired) electrons. The summed E-state index contributed by atoms with van der Waals surface area (Å²) < 4.78 is 0. The summed E-state index contributed by atoms with van der Waals surface area (Å²) in [5.74, 6) is 4.24. The molecule has 0 saturated carbocycles. The molecule has 2 heterocycles. The molecule has 4 nitrogen and oxygen atoms in total. The molecule has 0 aliphatic carbocycles. The maximum Gasteiger partial charge on any atom is 0.134 e. The molecule has 134 valence electrons. The molecule has 0 bridgehead atoms. The van der Waals surface area contributed by atoms with Crippen molar-refractivity contribution in [2.45, 2.75) is 40.0 Å². The number of aromatic nitrogens is 2. The van der Waals surface area contributed by atoms with Gasteiger partial charge in [-0.25, -0.2) is 9.97 Å². The lowest BCUT2D eigenvalue weighted by atomic mass is 9.90. The highest BCUT2D eigenvalue weighted by molar-refractivity contribution is 5.49. The summed E-state index contributed by atoms with van der Waals surface area (Å²) in [4.78, 5) is 11.6. The lowest BCUT2D eigenvalue weighted by Gasteiger charge is -2.33. The third-order valence-electron chi connectivity index (χ3n) is 4.82. The standard InChI is InChI=1S/C21H30N4/c1-16(2)15-22-20-14-21(24-17(3)23-20)25-11-9-19(10-12-25)13-18-7-5-4-6-8-18/h4-8,14,16,19H,9-13,15H2,1-3H3,(H,22,23,24). The second-order valence-corrected chi connectivity index (χ2v) is 7.55. The van der Waals surface area contributed by atoms with E-state index in [1.165, 1.54) is 24.8 Å². The van der Waals surface area contributed by atoms with Gasteiger partial charge in [-0.15, -0.1) is 0 Å². The molecule has 0 spiro atoms. The first-order valence-electron chi connectivity index (χ1n) is 9.48. The van der Waals surface area contributed by atoms with Crippen LogP contribution in [0.5, 0.6) is 0 Å². The topological polar surface area (TPSA) is 41.1 Å². The molecular formula is C21H30N4. The average molecular weight is 338 g/mol. The number of aryl methyl sites for hydroxylation is 1. The quantitative estimate of drug-likeness (QED) is 0.852. The van der Waals surface area contributed by atoms with Gasteiger partial charge in [0.15, 0.2) is 0 Å². The van der Waals surface area contributed by atoms with Crippen molar-refractivity contribution in [3.05, 3.63) is 47.8 Å². The molecule has 0 unspecified atom stereocenters. The van der Waals surface area contributed by atoms with Crippen molar-refractivity contribution >= 4 is 11.6 Å². The van der Waals surface area contributed by atoms with Gasteiger partial charge >= 0.3 is 0 Å². The Morgan fingerprint density at radius 2 is 1.84 bits per heavy atom. The van der Waals surface area contributed by atoms with Gasteiger partial charge in [0.2, 0.25) is 0 Å². The van der Waals surface area contributed by atoms with Gasteiger partial charge in [0.1, 0.15) is 17.5 Å². The fourth-order valence-electron chi connectivity index (χ4n) is 3.43. The van der Waals surface area contributed by atoms with Crippen LogP contribution in [0.4, 0.5) is 11.6 Å². The largest absolute Gasteiger partial charge is 0.370 e. The highest BCUT2D eigenvalue weighted by atomic mass is 15.2. The second kappa shape index (κ2) is 8.32. The smallest absolute Gasteiger partial charge is 0.134 e. The third kappa shape index (κ3) is 5.18. The number of piperidine rings is 1. The van der Waals surface area contributed by atoms with Gasteiger partial charge in [-0.3, -0.25) is 0 Å². The molecule has 4 heteroatoms. The van der Waals surface area contributed by atoms with Gasteiger partial charge < -0.3 is 10.2 Å². The predicted molar refractivity (Wildman–Crippen MR) is 105 cm³/mol. The van der Waals surface area contributed by atoms with Crippen LogP contribution in [-0.2, 0) is 6.42 Å². The Labute approximate surface area is 151 Å². The van der Waals surface area contributed by atoms with Crippen molar-refractivity contribution < 1.29 is 0 Å². The van der Waals surface area contributed by atoms with Crippen LogP contribution in [0.15, 0.2) is 36.4 Å². The monoisotopic (exact) mass is 338 g/mol. The van der Waals surface area contributed by atoms with E-state index in [4.69, 9.17) is 0 Å². The SMILES string of the molecule is Cc1nc(NCC(C)C)cc(N2CCC(Cc3ccccc3)CC2)n1. The fourth-order valence-corrected chi connectivity index (χ4v) is 3.43. The van der Waals surface area contributed by atoms with E-state index in [2.05, 4.69) is 70.4 Å². The van der Waals surface area contributed by atoms with E-state index in [-0.39, 0.29) is 0 Å². The van der Waals surface area contributed by atoms with E-state index in [1.807, 2.05) is 6.92 Å². The van der Waals surface area contributed by atoms with Gasteiger partial charge in [0.25, 0.3) is 0 Å². The minimum Gasteiger partial charge on any atom is -0.370 e. The Kier molecular flexibility index (Phi) is 5.90. The van der Waals surface area contributed by atoms with Crippen molar-refractivity contribution in [2.75, 3.05) is 29.9 Å². The summed E-state index contributed by atoms with van der Waals surface area (Å²) in [6.07, 6.45) is 3.65. The third-order valence-corrected chi connectivity index (χ3v) is 4.82. The second-order valence-electron chi connectivity index (χ2n) is 7.55. The lowest BCUT2D eigenvalue weighted by Crippen LogP contribution is -2.35. The van der Waals surface area contributed by atoms with Crippen molar-refractivity contribution in [2.24, 2.45) is 11.8 Å². The number of nitrogens with zero attached hydrogens (tertiary/aromatic N) is 3. The number of benzene rings is 1. The fraction of sp³-hybridized carbons (Fsp3) is 0.524. The van der Waals surface area contributed by atoms with E-state index in [0.717, 1.165) is 43.0 Å². The van der Waals surface area contributed by atoms with E-state index < -0.39 is 0 Å². The summed E-state index contributed by atoms with van der Waals surface area (Å²) in [5.41, 5.74) is 1.46. The first-order chi connectivity index (χ1) is 12.1. The van der Waals surface area contributed by atoms with Crippen LogP contribution in [0.3, 0.4) is 0 Å². The summed E-state index contributed by atoms with van der Waals surface area (Å²) in [6.45, 7) is 9.50. The zero-order chi connectivity index (χ0) is 17.6. The van der Waals surface area contributed by atoms with Crippen molar-refractivity contribution in [3.63, 3.8) is 0 Å². The van der Waals surface area contributed by atoms with Gasteiger partial charge in [-0.2, -0.15) is 0 Å². The first kappa shape index (κ1) is 17.7. The average Bonchev–Trinajstić information content (AvgIpc) is 2.61. The van der Waals surface area contributed by atoms with Crippen LogP contribution in [0.25, 0.3) is 0 Å². The zero-order valence-electron chi connectivity index (χ0n) is 15.7. The summed E-state index contributed by atoms with van der Waals surface area (Å²) in [5, 5.41) is 3.43. The molecule has 3 rings (SSSR count). The lowest BCUT2D eigenvalue weighted by molar-refractivity contribution is 0.402. The van der Waals surface area contributed by atoms with Crippen LogP contribution in [0, 0.1) is 18.8 Å². The molecule has 1 fully saturated rings. The Hall–Kier alpha value is -2.10. The maximum atomic E-state index is 4.67. The molecule has 1 aliphatic rings. The minimum atomic E-state index is 0.604. The number of hydrogen-bond acceptors (Lipinski definition) is 4. The molecule has 1 aromatic carbocycles. The van der Waals surface area contributed by atoms with Gasteiger partial charge in [0.05, 0.1) is 0 Å². The Balaban J connectivity index is 1.58. The number of hydrogen-bond donors (Lipinski definition) is 1. The Morgan fingerprint density at radius 3 is 2.52 bits per heavy atom. The van der Waals surface area contributed by atoms with Crippen LogP contribution < -0.4 is 10.2 Å². The zero-order valence-corrected chi connectivity index (χ0v) is 15.7. The molecule has 1 N–H and O–H groups in total. The molecule has 1 aliphatic heterocycles. The molecular weight excluding hydrogens is 308 g/mol. The molecule has 0 atom stereocenters. The highest BCUT2D eigenvalue weighted by Crippen LogP contribution is 2.26. The Morgan fingerprint density at radius 1 is 1.12 bits per heavy atom. The van der Waals surface area contributed by atoms with Crippen LogP contribution in [0.2, 0.25) is 0 Å². The Bertz CT molecular complexity index is 661. The normalized spacial score (nSPS) is 15.6. The van der Waals surface area contributed by atoms with E-state index in [1.54, 1.807) is 0 Å². The van der Waals surface area contributed by atoms with Crippen molar-refractivity contribution in [3.8, 4) is 0 Å². The minimum absolute atomic E-state index is 0.604. The maximum absolute atomic E-state index is 4.67. The highest BCUT2D eigenvalue weighted by Gasteiger charge is 2.21. The van der Waals surface area contributed by atoms with Gasteiger partial charge in [-0.1, -0.05) is 44.2 Å². The summed E-state index contributed by atoms with van der Waals surface area (Å²) in [7, 11) is 0. The predicted octanol–water partition coefficient (Wildman–Crippen LogP) is 4.31. The molecule has 1 saturated heterocycles. The van der Waals surface area contributed by atoms with Crippen molar-refractivity contribution in [1.82, 2.24) is 9.97 Å². The molecule has 25 heavy (non-hydrogen) atoms. The van der Waals surface area contributed by atoms with Crippen LogP contribution >= 0.6 is 0 Å². The van der Waals surface area contributed by atoms with E-state index in [0.29, 0.717) is 5.92 Å². The summed E-state index contributed by atoms with van der Waals surface area (Å²) >= 11 is 0. The molecule has 0 amide bonds.